The summed E-state index contributed by atoms with van der Waals surface area (Å²) in [4.78, 5) is 12.6. The smallest absolute Gasteiger partial charge is 0.181 e. The van der Waals surface area contributed by atoms with Crippen molar-refractivity contribution < 1.29 is 9.53 Å². The molecule has 7 atom stereocenters. The van der Waals surface area contributed by atoms with E-state index < -0.39 is 0 Å². The second-order valence-electron chi connectivity index (χ2n) is 11.8. The predicted octanol–water partition coefficient (Wildman–Crippen LogP) is 6.27. The first-order chi connectivity index (χ1) is 15.3. The summed E-state index contributed by atoms with van der Waals surface area (Å²) in [5.41, 5.74) is 10.2. The molecule has 3 fully saturated rings. The van der Waals surface area contributed by atoms with E-state index in [9.17, 15) is 4.79 Å². The Morgan fingerprint density at radius 3 is 2.62 bits per heavy atom. The third-order valence-electron chi connectivity index (χ3n) is 10.4. The monoisotopic (exact) mass is 435 g/mol. The van der Waals surface area contributed by atoms with Crippen LogP contribution in [0.2, 0.25) is 0 Å². The van der Waals surface area contributed by atoms with Crippen LogP contribution in [-0.4, -0.2) is 12.4 Å². The minimum absolute atomic E-state index is 0.0777. The van der Waals surface area contributed by atoms with Gasteiger partial charge in [-0.25, -0.2) is 0 Å². The Balaban J connectivity index is 1.26. The molecule has 32 heavy (non-hydrogen) atoms. The van der Waals surface area contributed by atoms with Crippen LogP contribution in [0.5, 0.6) is 0 Å². The summed E-state index contributed by atoms with van der Waals surface area (Å²) in [5.74, 6) is 3.39. The van der Waals surface area contributed by atoms with Gasteiger partial charge < -0.3 is 10.5 Å². The van der Waals surface area contributed by atoms with Gasteiger partial charge in [-0.15, -0.1) is 0 Å². The SMILES string of the molecule is CC1C[C@@]2(C)C(=C(N)C1=O)CC[C@H]1[C@@H]3CC[C@H](CCOCc4ccccc4)[C@@]3(C)CC[C@@H]12. The van der Waals surface area contributed by atoms with Gasteiger partial charge >= 0.3 is 0 Å². The molecule has 1 aromatic rings. The third kappa shape index (κ3) is 3.47. The number of benzene rings is 1. The molecule has 2 N–H and O–H groups in total. The number of carbonyl (C=O) groups is 1. The largest absolute Gasteiger partial charge is 0.396 e. The number of hydrogen-bond donors (Lipinski definition) is 1. The van der Waals surface area contributed by atoms with E-state index >= 15 is 0 Å². The van der Waals surface area contributed by atoms with Crippen molar-refractivity contribution in [2.24, 2.45) is 46.2 Å². The van der Waals surface area contributed by atoms with Crippen LogP contribution in [0.25, 0.3) is 0 Å². The molecule has 3 nitrogen and oxygen atoms in total. The second-order valence-corrected chi connectivity index (χ2v) is 11.8. The summed E-state index contributed by atoms with van der Waals surface area (Å²) in [5, 5.41) is 0. The van der Waals surface area contributed by atoms with Gasteiger partial charge in [-0.3, -0.25) is 4.79 Å². The van der Waals surface area contributed by atoms with Gasteiger partial charge in [0, 0.05) is 12.5 Å². The fourth-order valence-corrected chi connectivity index (χ4v) is 8.73. The fourth-order valence-electron chi connectivity index (χ4n) is 8.73. The van der Waals surface area contributed by atoms with Crippen molar-refractivity contribution in [3.63, 3.8) is 0 Å². The van der Waals surface area contributed by atoms with Crippen molar-refractivity contribution in [1.29, 1.82) is 0 Å². The quantitative estimate of drug-likeness (QED) is 0.554. The summed E-state index contributed by atoms with van der Waals surface area (Å²) in [6, 6.07) is 10.5. The molecule has 0 aliphatic heterocycles. The van der Waals surface area contributed by atoms with Crippen molar-refractivity contribution in [2.45, 2.75) is 78.7 Å². The number of nitrogens with two attached hydrogens (primary N) is 1. The van der Waals surface area contributed by atoms with Gasteiger partial charge in [0.25, 0.3) is 0 Å². The summed E-state index contributed by atoms with van der Waals surface area (Å²) in [7, 11) is 0. The maximum absolute atomic E-state index is 12.6. The number of rotatable bonds is 5. The van der Waals surface area contributed by atoms with Crippen molar-refractivity contribution in [2.75, 3.05) is 6.61 Å². The average molecular weight is 436 g/mol. The number of fused-ring (bicyclic) bond motifs is 5. The zero-order chi connectivity index (χ0) is 22.5. The highest BCUT2D eigenvalue weighted by molar-refractivity contribution is 5.98. The lowest BCUT2D eigenvalue weighted by Gasteiger charge is -2.59. The summed E-state index contributed by atoms with van der Waals surface area (Å²) in [6.45, 7) is 8.73. The molecule has 0 heterocycles. The molecule has 0 amide bonds. The Morgan fingerprint density at radius 1 is 1.06 bits per heavy atom. The summed E-state index contributed by atoms with van der Waals surface area (Å²) >= 11 is 0. The Kier molecular flexibility index (Phi) is 5.76. The lowest BCUT2D eigenvalue weighted by Crippen LogP contribution is -2.52. The van der Waals surface area contributed by atoms with Crippen LogP contribution in [0.1, 0.15) is 77.7 Å². The van der Waals surface area contributed by atoms with Crippen molar-refractivity contribution in [3.8, 4) is 0 Å². The van der Waals surface area contributed by atoms with Crippen LogP contribution in [0.3, 0.4) is 0 Å². The molecule has 1 aromatic carbocycles. The van der Waals surface area contributed by atoms with Gasteiger partial charge in [0.1, 0.15) is 0 Å². The van der Waals surface area contributed by atoms with E-state index in [2.05, 4.69) is 51.1 Å². The maximum Gasteiger partial charge on any atom is 0.181 e. The van der Waals surface area contributed by atoms with Crippen LogP contribution in [0.4, 0.5) is 0 Å². The molecule has 174 valence electrons. The van der Waals surface area contributed by atoms with E-state index in [4.69, 9.17) is 10.5 Å². The first-order valence-electron chi connectivity index (χ1n) is 13.0. The molecule has 1 unspecified atom stereocenters. The van der Waals surface area contributed by atoms with Gasteiger partial charge in [-0.1, -0.05) is 51.1 Å². The van der Waals surface area contributed by atoms with Gasteiger partial charge in [-0.2, -0.15) is 0 Å². The van der Waals surface area contributed by atoms with Crippen LogP contribution < -0.4 is 5.73 Å². The standard InChI is InChI=1S/C29H41NO2/c1-19-17-29(3)24-13-15-28(2)21(14-16-32-18-20-7-5-4-6-8-20)9-11-23(28)22(24)10-12-25(29)26(30)27(19)31/h4-8,19,21-24H,9-18,30H2,1-3H3/t19?,21-,22+,23+,24+,28-,29-/m1/s1. The number of ketones is 1. The minimum atomic E-state index is 0.0777. The predicted molar refractivity (Wildman–Crippen MR) is 129 cm³/mol. The maximum atomic E-state index is 12.6. The molecule has 4 aliphatic rings. The van der Waals surface area contributed by atoms with Gasteiger partial charge in [0.05, 0.1) is 12.3 Å². The number of Topliss-reactive ketones (excluding diaryl/α,β-unsaturated/α-hetero) is 1. The van der Waals surface area contributed by atoms with Crippen LogP contribution in [0, 0.1) is 40.4 Å². The Bertz CT molecular complexity index is 892. The minimum Gasteiger partial charge on any atom is -0.396 e. The molecule has 3 saturated carbocycles. The Morgan fingerprint density at radius 2 is 1.84 bits per heavy atom. The zero-order valence-electron chi connectivity index (χ0n) is 20.2. The highest BCUT2D eigenvalue weighted by atomic mass is 16.5. The molecular formula is C29H41NO2. The topological polar surface area (TPSA) is 52.3 Å². The average Bonchev–Trinajstić information content (AvgIpc) is 3.12. The molecule has 0 spiro atoms. The Hall–Kier alpha value is -1.61. The Labute approximate surface area is 194 Å². The molecule has 0 bridgehead atoms. The molecule has 0 saturated heterocycles. The lowest BCUT2D eigenvalue weighted by molar-refractivity contribution is -0.123. The first-order valence-corrected chi connectivity index (χ1v) is 13.0. The van der Waals surface area contributed by atoms with E-state index in [-0.39, 0.29) is 17.1 Å². The van der Waals surface area contributed by atoms with Crippen molar-refractivity contribution in [3.05, 3.63) is 47.2 Å². The number of ether oxygens (including phenoxy) is 1. The second kappa shape index (κ2) is 8.31. The van der Waals surface area contributed by atoms with E-state index in [0.29, 0.717) is 17.0 Å². The zero-order valence-corrected chi connectivity index (χ0v) is 20.2. The molecule has 3 heteroatoms. The molecular weight excluding hydrogens is 394 g/mol. The number of hydrogen-bond acceptors (Lipinski definition) is 3. The highest BCUT2D eigenvalue weighted by Crippen LogP contribution is 2.67. The van der Waals surface area contributed by atoms with Crippen LogP contribution >= 0.6 is 0 Å². The van der Waals surface area contributed by atoms with Gasteiger partial charge in [-0.05, 0) is 97.0 Å². The van der Waals surface area contributed by atoms with E-state index in [1.54, 1.807) is 0 Å². The molecule has 0 radical (unpaired) electrons. The van der Waals surface area contributed by atoms with E-state index in [1.807, 2.05) is 0 Å². The first kappa shape index (κ1) is 22.2. The van der Waals surface area contributed by atoms with Crippen LogP contribution in [-0.2, 0) is 16.1 Å². The van der Waals surface area contributed by atoms with Crippen LogP contribution in [0.15, 0.2) is 41.6 Å². The molecule has 5 rings (SSSR count). The normalized spacial score (nSPS) is 41.2. The summed E-state index contributed by atoms with van der Waals surface area (Å²) < 4.78 is 6.08. The van der Waals surface area contributed by atoms with E-state index in [1.165, 1.54) is 49.7 Å². The molecule has 0 aromatic heterocycles. The fraction of sp³-hybridized carbons (Fsp3) is 0.690. The lowest BCUT2D eigenvalue weighted by atomic mass is 9.46. The number of allylic oxidation sites excluding steroid dienone is 1. The highest BCUT2D eigenvalue weighted by Gasteiger charge is 2.59. The number of carbonyl (C=O) groups excluding carboxylic acids is 1. The van der Waals surface area contributed by atoms with Gasteiger partial charge in [0.15, 0.2) is 5.78 Å². The van der Waals surface area contributed by atoms with Crippen molar-refractivity contribution >= 4 is 5.78 Å². The van der Waals surface area contributed by atoms with Gasteiger partial charge in [0.2, 0.25) is 0 Å². The van der Waals surface area contributed by atoms with Crippen molar-refractivity contribution in [1.82, 2.24) is 0 Å². The molecule has 4 aliphatic carbocycles. The van der Waals surface area contributed by atoms with E-state index in [0.717, 1.165) is 43.8 Å². The summed E-state index contributed by atoms with van der Waals surface area (Å²) in [6.07, 6.45) is 9.83. The third-order valence-corrected chi connectivity index (χ3v) is 10.4.